The summed E-state index contributed by atoms with van der Waals surface area (Å²) in [6.07, 6.45) is 1.42. The average Bonchev–Trinajstić information content (AvgIpc) is 3.07. The molecular weight excluding hydrogens is 320 g/mol. The number of carbonyl (C=O) groups excluding carboxylic acids is 1. The fourth-order valence-corrected chi connectivity index (χ4v) is 1.97. The lowest BCUT2D eigenvalue weighted by Crippen LogP contribution is -2.20. The Balaban J connectivity index is 1.61. The number of rotatable bonds is 5. The highest BCUT2D eigenvalue weighted by molar-refractivity contribution is 5.91. The number of anilines is 1. The molecule has 0 bridgehead atoms. The van der Waals surface area contributed by atoms with Crippen molar-refractivity contribution in [2.24, 2.45) is 0 Å². The van der Waals surface area contributed by atoms with Crippen molar-refractivity contribution in [1.82, 2.24) is 20.2 Å². The molecule has 0 fully saturated rings. The van der Waals surface area contributed by atoms with E-state index in [1.54, 1.807) is 24.3 Å². The SMILES string of the molecule is O=C(COc1cccc(-n2cnnn2)c1)Nc1cc(F)cc(F)c1. The number of aromatic nitrogens is 4. The molecule has 0 aliphatic rings. The quantitative estimate of drug-likeness (QED) is 0.773. The van der Waals surface area contributed by atoms with Gasteiger partial charge in [0.1, 0.15) is 23.7 Å². The molecule has 3 aromatic rings. The number of halogens is 2. The Morgan fingerprint density at radius 1 is 1.17 bits per heavy atom. The smallest absolute Gasteiger partial charge is 0.262 e. The Kier molecular flexibility index (Phi) is 4.41. The van der Waals surface area contributed by atoms with Crippen LogP contribution in [0.2, 0.25) is 0 Å². The first-order valence-corrected chi connectivity index (χ1v) is 6.82. The highest BCUT2D eigenvalue weighted by Crippen LogP contribution is 2.16. The molecule has 24 heavy (non-hydrogen) atoms. The van der Waals surface area contributed by atoms with Crippen molar-refractivity contribution in [2.75, 3.05) is 11.9 Å². The van der Waals surface area contributed by atoms with Gasteiger partial charge in [-0.2, -0.15) is 0 Å². The molecule has 0 aliphatic carbocycles. The van der Waals surface area contributed by atoms with Crippen LogP contribution in [0.15, 0.2) is 48.8 Å². The van der Waals surface area contributed by atoms with Gasteiger partial charge in [0.15, 0.2) is 6.61 Å². The number of benzene rings is 2. The van der Waals surface area contributed by atoms with Gasteiger partial charge >= 0.3 is 0 Å². The van der Waals surface area contributed by atoms with E-state index in [2.05, 4.69) is 20.8 Å². The molecule has 0 radical (unpaired) electrons. The normalized spacial score (nSPS) is 10.4. The van der Waals surface area contributed by atoms with E-state index >= 15 is 0 Å². The number of nitrogens with one attached hydrogen (secondary N) is 1. The lowest BCUT2D eigenvalue weighted by molar-refractivity contribution is -0.118. The molecule has 2 aromatic carbocycles. The van der Waals surface area contributed by atoms with Crippen molar-refractivity contribution in [1.29, 1.82) is 0 Å². The van der Waals surface area contributed by atoms with Gasteiger partial charge in [0.25, 0.3) is 5.91 Å². The maximum Gasteiger partial charge on any atom is 0.262 e. The number of amides is 1. The maximum absolute atomic E-state index is 13.1. The molecule has 0 aliphatic heterocycles. The predicted octanol–water partition coefficient (Wildman–Crippen LogP) is 1.96. The van der Waals surface area contributed by atoms with Crippen molar-refractivity contribution in [3.63, 3.8) is 0 Å². The second kappa shape index (κ2) is 6.82. The molecule has 1 aromatic heterocycles. The topological polar surface area (TPSA) is 81.9 Å². The summed E-state index contributed by atoms with van der Waals surface area (Å²) in [7, 11) is 0. The second-order valence-corrected chi connectivity index (χ2v) is 4.75. The fourth-order valence-electron chi connectivity index (χ4n) is 1.97. The summed E-state index contributed by atoms with van der Waals surface area (Å²) in [6.45, 7) is -0.322. The molecule has 0 atom stereocenters. The van der Waals surface area contributed by atoms with Gasteiger partial charge in [0.05, 0.1) is 5.69 Å². The van der Waals surface area contributed by atoms with Crippen molar-refractivity contribution in [3.8, 4) is 11.4 Å². The molecular formula is C15H11F2N5O2. The van der Waals surface area contributed by atoms with Crippen LogP contribution in [-0.4, -0.2) is 32.7 Å². The molecule has 1 N–H and O–H groups in total. The molecule has 9 heteroatoms. The van der Waals surface area contributed by atoms with Crippen LogP contribution in [0, 0.1) is 11.6 Å². The number of tetrazole rings is 1. The van der Waals surface area contributed by atoms with Gasteiger partial charge in [-0.05, 0) is 34.7 Å². The summed E-state index contributed by atoms with van der Waals surface area (Å²) >= 11 is 0. The van der Waals surface area contributed by atoms with Crippen LogP contribution in [0.25, 0.3) is 5.69 Å². The van der Waals surface area contributed by atoms with Gasteiger partial charge in [-0.3, -0.25) is 4.79 Å². The number of hydrogen-bond acceptors (Lipinski definition) is 5. The van der Waals surface area contributed by atoms with E-state index in [1.165, 1.54) is 11.0 Å². The van der Waals surface area contributed by atoms with Gasteiger partial charge in [0.2, 0.25) is 0 Å². The monoisotopic (exact) mass is 331 g/mol. The Labute approximate surface area is 134 Å². The number of hydrogen-bond donors (Lipinski definition) is 1. The highest BCUT2D eigenvalue weighted by Gasteiger charge is 2.07. The van der Waals surface area contributed by atoms with E-state index in [0.29, 0.717) is 11.4 Å². The summed E-state index contributed by atoms with van der Waals surface area (Å²) in [5, 5.41) is 13.2. The average molecular weight is 331 g/mol. The maximum atomic E-state index is 13.1. The third-order valence-electron chi connectivity index (χ3n) is 2.95. The summed E-state index contributed by atoms with van der Waals surface area (Å²) in [5.41, 5.74) is 0.675. The molecule has 7 nitrogen and oxygen atoms in total. The van der Waals surface area contributed by atoms with E-state index in [9.17, 15) is 13.6 Å². The Morgan fingerprint density at radius 3 is 2.67 bits per heavy atom. The van der Waals surface area contributed by atoms with Crippen LogP contribution in [0.1, 0.15) is 0 Å². The Morgan fingerprint density at radius 2 is 1.96 bits per heavy atom. The van der Waals surface area contributed by atoms with Crippen LogP contribution in [-0.2, 0) is 4.79 Å². The molecule has 0 spiro atoms. The molecule has 0 unspecified atom stereocenters. The fraction of sp³-hybridized carbons (Fsp3) is 0.0667. The van der Waals surface area contributed by atoms with Crippen LogP contribution in [0.3, 0.4) is 0 Å². The number of ether oxygens (including phenoxy) is 1. The van der Waals surface area contributed by atoms with E-state index in [1.807, 2.05) is 0 Å². The minimum Gasteiger partial charge on any atom is -0.484 e. The van der Waals surface area contributed by atoms with E-state index < -0.39 is 17.5 Å². The van der Waals surface area contributed by atoms with Crippen molar-refractivity contribution < 1.29 is 18.3 Å². The van der Waals surface area contributed by atoms with Crippen molar-refractivity contribution >= 4 is 11.6 Å². The third kappa shape index (κ3) is 3.88. The lowest BCUT2D eigenvalue weighted by atomic mass is 10.3. The minimum atomic E-state index is -0.777. The van der Waals surface area contributed by atoms with E-state index in [-0.39, 0.29) is 12.3 Å². The van der Waals surface area contributed by atoms with Gasteiger partial charge in [-0.25, -0.2) is 13.5 Å². The van der Waals surface area contributed by atoms with Gasteiger partial charge < -0.3 is 10.1 Å². The standard InChI is InChI=1S/C15H11F2N5O2/c16-10-4-11(17)6-12(5-10)19-15(23)8-24-14-3-1-2-13(7-14)22-9-18-20-21-22/h1-7,9H,8H2,(H,19,23). The zero-order chi connectivity index (χ0) is 16.9. The second-order valence-electron chi connectivity index (χ2n) is 4.75. The summed E-state index contributed by atoms with van der Waals surface area (Å²) in [6, 6.07) is 9.52. The number of nitrogens with zero attached hydrogens (tertiary/aromatic N) is 4. The molecule has 1 heterocycles. The minimum absolute atomic E-state index is 0.0172. The summed E-state index contributed by atoms with van der Waals surface area (Å²) in [4.78, 5) is 11.8. The summed E-state index contributed by atoms with van der Waals surface area (Å²) in [5.74, 6) is -1.68. The number of carbonyl (C=O) groups is 1. The summed E-state index contributed by atoms with van der Waals surface area (Å²) < 4.78 is 32.9. The molecule has 0 saturated heterocycles. The zero-order valence-corrected chi connectivity index (χ0v) is 12.2. The Bertz CT molecular complexity index is 835. The van der Waals surface area contributed by atoms with Crippen LogP contribution in [0.4, 0.5) is 14.5 Å². The molecule has 122 valence electrons. The van der Waals surface area contributed by atoms with Crippen molar-refractivity contribution in [3.05, 3.63) is 60.4 Å². The predicted molar refractivity (Wildman–Crippen MR) is 79.6 cm³/mol. The van der Waals surface area contributed by atoms with E-state index in [0.717, 1.165) is 18.2 Å². The van der Waals surface area contributed by atoms with Crippen LogP contribution < -0.4 is 10.1 Å². The Hall–Kier alpha value is -3.36. The van der Waals surface area contributed by atoms with Crippen LogP contribution >= 0.6 is 0 Å². The lowest BCUT2D eigenvalue weighted by Gasteiger charge is -2.09. The molecule has 0 saturated carbocycles. The van der Waals surface area contributed by atoms with Gasteiger partial charge in [-0.1, -0.05) is 6.07 Å². The third-order valence-corrected chi connectivity index (χ3v) is 2.95. The van der Waals surface area contributed by atoms with Gasteiger partial charge in [0, 0.05) is 17.8 Å². The molecule has 1 amide bonds. The molecule has 3 rings (SSSR count). The highest BCUT2D eigenvalue weighted by atomic mass is 19.1. The van der Waals surface area contributed by atoms with E-state index in [4.69, 9.17) is 4.74 Å². The van der Waals surface area contributed by atoms with Crippen molar-refractivity contribution in [2.45, 2.75) is 0 Å². The largest absolute Gasteiger partial charge is 0.484 e. The van der Waals surface area contributed by atoms with Gasteiger partial charge in [-0.15, -0.1) is 5.10 Å². The first-order chi connectivity index (χ1) is 11.6. The zero-order valence-electron chi connectivity index (χ0n) is 12.2. The van der Waals surface area contributed by atoms with Crippen LogP contribution in [0.5, 0.6) is 5.75 Å². The first kappa shape index (κ1) is 15.5. The first-order valence-electron chi connectivity index (χ1n) is 6.82.